The van der Waals surface area contributed by atoms with Gasteiger partial charge in [-0.3, -0.25) is 4.79 Å². The van der Waals surface area contributed by atoms with E-state index in [9.17, 15) is 4.79 Å². The summed E-state index contributed by atoms with van der Waals surface area (Å²) in [5, 5.41) is 3.28. The molecule has 2 atom stereocenters. The van der Waals surface area contributed by atoms with Crippen LogP contribution in [-0.4, -0.2) is 37.9 Å². The van der Waals surface area contributed by atoms with E-state index in [1.54, 1.807) is 0 Å². The molecular formula is C16H33NO3. The first-order valence-electron chi connectivity index (χ1n) is 7.95. The number of unbranched alkanes of at least 4 members (excludes halogenated alkanes) is 3. The third-order valence-corrected chi connectivity index (χ3v) is 3.50. The number of carbonyl (C=O) groups is 1. The van der Waals surface area contributed by atoms with Crippen LogP contribution in [0.1, 0.15) is 66.2 Å². The van der Waals surface area contributed by atoms with Crippen LogP contribution in [0.5, 0.6) is 0 Å². The summed E-state index contributed by atoms with van der Waals surface area (Å²) in [6, 6.07) is 0. The highest BCUT2D eigenvalue weighted by Crippen LogP contribution is 2.17. The molecule has 0 aliphatic heterocycles. The molecular weight excluding hydrogens is 254 g/mol. The number of nitrogens with one attached hydrogen (secondary N) is 1. The SMILES string of the molecule is CCCCCCOC(C)CC(C)(NCCC)C(=O)OC. The Morgan fingerprint density at radius 2 is 1.90 bits per heavy atom. The molecule has 1 N–H and O–H groups in total. The quantitative estimate of drug-likeness (QED) is 0.442. The van der Waals surface area contributed by atoms with Crippen molar-refractivity contribution >= 4 is 5.97 Å². The molecule has 0 aromatic carbocycles. The molecule has 0 bridgehead atoms. The lowest BCUT2D eigenvalue weighted by atomic mass is 9.94. The Labute approximate surface area is 124 Å². The number of rotatable bonds is 12. The largest absolute Gasteiger partial charge is 0.468 e. The zero-order chi connectivity index (χ0) is 15.4. The van der Waals surface area contributed by atoms with Crippen LogP contribution in [0, 0.1) is 0 Å². The Balaban J connectivity index is 4.18. The van der Waals surface area contributed by atoms with E-state index >= 15 is 0 Å². The number of ether oxygens (including phenoxy) is 2. The van der Waals surface area contributed by atoms with Gasteiger partial charge < -0.3 is 14.8 Å². The highest BCUT2D eigenvalue weighted by atomic mass is 16.5. The molecule has 0 heterocycles. The monoisotopic (exact) mass is 287 g/mol. The molecule has 120 valence electrons. The molecule has 0 fully saturated rings. The van der Waals surface area contributed by atoms with Crippen LogP contribution in [-0.2, 0) is 14.3 Å². The predicted molar refractivity (Wildman–Crippen MR) is 82.9 cm³/mol. The van der Waals surface area contributed by atoms with Crippen LogP contribution in [0.2, 0.25) is 0 Å². The lowest BCUT2D eigenvalue weighted by molar-refractivity contribution is -0.149. The van der Waals surface area contributed by atoms with E-state index in [4.69, 9.17) is 9.47 Å². The van der Waals surface area contributed by atoms with Crippen LogP contribution in [0.25, 0.3) is 0 Å². The second-order valence-electron chi connectivity index (χ2n) is 5.70. The Hall–Kier alpha value is -0.610. The summed E-state index contributed by atoms with van der Waals surface area (Å²) in [5.74, 6) is -0.215. The molecule has 0 radical (unpaired) electrons. The van der Waals surface area contributed by atoms with Crippen LogP contribution in [0.3, 0.4) is 0 Å². The predicted octanol–water partition coefficient (Wildman–Crippen LogP) is 3.29. The second kappa shape index (κ2) is 11.1. The number of hydrogen-bond acceptors (Lipinski definition) is 4. The fraction of sp³-hybridized carbons (Fsp3) is 0.938. The summed E-state index contributed by atoms with van der Waals surface area (Å²) in [6.45, 7) is 9.77. The molecule has 0 aliphatic rings. The maximum absolute atomic E-state index is 11.9. The third-order valence-electron chi connectivity index (χ3n) is 3.50. The maximum atomic E-state index is 11.9. The zero-order valence-corrected chi connectivity index (χ0v) is 14.0. The van der Waals surface area contributed by atoms with E-state index in [1.165, 1.54) is 26.4 Å². The first kappa shape index (κ1) is 19.4. The lowest BCUT2D eigenvalue weighted by Gasteiger charge is -2.30. The average Bonchev–Trinajstić information content (AvgIpc) is 2.43. The van der Waals surface area contributed by atoms with Gasteiger partial charge in [-0.1, -0.05) is 33.1 Å². The fourth-order valence-electron chi connectivity index (χ4n) is 2.30. The summed E-state index contributed by atoms with van der Waals surface area (Å²) in [5.41, 5.74) is -0.659. The molecule has 0 aliphatic carbocycles. The van der Waals surface area contributed by atoms with E-state index in [2.05, 4.69) is 19.2 Å². The molecule has 0 spiro atoms. The van der Waals surface area contributed by atoms with E-state index in [-0.39, 0.29) is 12.1 Å². The molecule has 0 saturated heterocycles. The molecule has 20 heavy (non-hydrogen) atoms. The van der Waals surface area contributed by atoms with Crippen molar-refractivity contribution < 1.29 is 14.3 Å². The number of hydrogen-bond donors (Lipinski definition) is 1. The van der Waals surface area contributed by atoms with E-state index in [0.29, 0.717) is 6.42 Å². The third kappa shape index (κ3) is 7.85. The standard InChI is InChI=1S/C16H33NO3/c1-6-8-9-10-12-20-14(3)13-16(4,15(18)19-5)17-11-7-2/h14,17H,6-13H2,1-5H3. The Morgan fingerprint density at radius 3 is 2.45 bits per heavy atom. The van der Waals surface area contributed by atoms with Crippen molar-refractivity contribution in [1.29, 1.82) is 0 Å². The Morgan fingerprint density at radius 1 is 1.20 bits per heavy atom. The van der Waals surface area contributed by atoms with Crippen molar-refractivity contribution in [3.8, 4) is 0 Å². The van der Waals surface area contributed by atoms with Crippen molar-refractivity contribution in [3.63, 3.8) is 0 Å². The Kier molecular flexibility index (Phi) is 10.8. The van der Waals surface area contributed by atoms with Gasteiger partial charge in [0, 0.05) is 13.0 Å². The van der Waals surface area contributed by atoms with E-state index in [1.807, 2.05) is 13.8 Å². The minimum Gasteiger partial charge on any atom is -0.468 e. The van der Waals surface area contributed by atoms with Crippen LogP contribution >= 0.6 is 0 Å². The molecule has 4 heteroatoms. The van der Waals surface area contributed by atoms with Crippen LogP contribution in [0.4, 0.5) is 0 Å². The number of carbonyl (C=O) groups excluding carboxylic acids is 1. The zero-order valence-electron chi connectivity index (χ0n) is 14.0. The van der Waals surface area contributed by atoms with E-state index in [0.717, 1.165) is 26.0 Å². The first-order valence-corrected chi connectivity index (χ1v) is 7.95. The van der Waals surface area contributed by atoms with Crippen molar-refractivity contribution in [3.05, 3.63) is 0 Å². The summed E-state index contributed by atoms with van der Waals surface area (Å²) in [6.07, 6.45) is 6.46. The van der Waals surface area contributed by atoms with Gasteiger partial charge in [0.2, 0.25) is 0 Å². The van der Waals surface area contributed by atoms with Crippen molar-refractivity contribution in [1.82, 2.24) is 5.32 Å². The van der Waals surface area contributed by atoms with Crippen molar-refractivity contribution in [2.75, 3.05) is 20.3 Å². The molecule has 0 saturated carbocycles. The van der Waals surface area contributed by atoms with Gasteiger partial charge in [0.1, 0.15) is 5.54 Å². The van der Waals surface area contributed by atoms with Crippen LogP contribution < -0.4 is 5.32 Å². The highest BCUT2D eigenvalue weighted by Gasteiger charge is 2.35. The van der Waals surface area contributed by atoms with Gasteiger partial charge in [0.05, 0.1) is 13.2 Å². The van der Waals surface area contributed by atoms with Gasteiger partial charge in [-0.2, -0.15) is 0 Å². The van der Waals surface area contributed by atoms with Gasteiger partial charge in [0.15, 0.2) is 0 Å². The van der Waals surface area contributed by atoms with E-state index < -0.39 is 5.54 Å². The molecule has 0 aromatic heterocycles. The summed E-state index contributed by atoms with van der Waals surface area (Å²) < 4.78 is 10.7. The second-order valence-corrected chi connectivity index (χ2v) is 5.70. The molecule has 0 amide bonds. The fourth-order valence-corrected chi connectivity index (χ4v) is 2.30. The highest BCUT2D eigenvalue weighted by molar-refractivity contribution is 5.80. The smallest absolute Gasteiger partial charge is 0.325 e. The number of esters is 1. The van der Waals surface area contributed by atoms with Crippen molar-refractivity contribution in [2.24, 2.45) is 0 Å². The number of methoxy groups -OCH3 is 1. The first-order chi connectivity index (χ1) is 9.50. The topological polar surface area (TPSA) is 47.6 Å². The lowest BCUT2D eigenvalue weighted by Crippen LogP contribution is -2.52. The molecule has 0 rings (SSSR count). The maximum Gasteiger partial charge on any atom is 0.325 e. The van der Waals surface area contributed by atoms with Gasteiger partial charge in [0.25, 0.3) is 0 Å². The molecule has 0 aromatic rings. The average molecular weight is 287 g/mol. The normalized spacial score (nSPS) is 15.7. The summed E-state index contributed by atoms with van der Waals surface area (Å²) in [7, 11) is 1.44. The minimum atomic E-state index is -0.659. The summed E-state index contributed by atoms with van der Waals surface area (Å²) in [4.78, 5) is 11.9. The van der Waals surface area contributed by atoms with Gasteiger partial charge >= 0.3 is 5.97 Å². The summed E-state index contributed by atoms with van der Waals surface area (Å²) >= 11 is 0. The van der Waals surface area contributed by atoms with Gasteiger partial charge in [-0.15, -0.1) is 0 Å². The van der Waals surface area contributed by atoms with Gasteiger partial charge in [-0.25, -0.2) is 0 Å². The van der Waals surface area contributed by atoms with Crippen molar-refractivity contribution in [2.45, 2.75) is 77.9 Å². The Bertz CT molecular complexity index is 258. The molecule has 2 unspecified atom stereocenters. The molecule has 4 nitrogen and oxygen atoms in total. The van der Waals surface area contributed by atoms with Crippen LogP contribution in [0.15, 0.2) is 0 Å². The minimum absolute atomic E-state index is 0.0464. The van der Waals surface area contributed by atoms with Gasteiger partial charge in [-0.05, 0) is 33.2 Å².